The van der Waals surface area contributed by atoms with E-state index in [0.29, 0.717) is 12.5 Å². The van der Waals surface area contributed by atoms with E-state index in [1.165, 1.54) is 17.7 Å². The maximum absolute atomic E-state index is 11.4. The summed E-state index contributed by atoms with van der Waals surface area (Å²) >= 11 is 1.59. The highest BCUT2D eigenvalue weighted by molar-refractivity contribution is 7.99. The van der Waals surface area contributed by atoms with Gasteiger partial charge in [0, 0.05) is 11.3 Å². The number of aromatic nitrogens is 3. The van der Waals surface area contributed by atoms with Crippen molar-refractivity contribution in [3.63, 3.8) is 0 Å². The zero-order chi connectivity index (χ0) is 18.3. The molecule has 134 valence electrons. The van der Waals surface area contributed by atoms with Crippen molar-refractivity contribution in [2.24, 2.45) is 5.14 Å². The normalized spacial score (nSPS) is 14.3. The van der Waals surface area contributed by atoms with Crippen molar-refractivity contribution < 1.29 is 8.42 Å². The average Bonchev–Trinajstić information content (AvgIpc) is 3.04. The lowest BCUT2D eigenvalue weighted by Gasteiger charge is -2.29. The molecule has 0 spiro atoms. The van der Waals surface area contributed by atoms with Crippen molar-refractivity contribution in [2.45, 2.75) is 23.6 Å². The zero-order valence-corrected chi connectivity index (χ0v) is 15.7. The van der Waals surface area contributed by atoms with Crippen LogP contribution in [0.3, 0.4) is 0 Å². The first-order valence-electron chi connectivity index (χ1n) is 7.93. The van der Waals surface area contributed by atoms with Crippen LogP contribution in [0.1, 0.15) is 5.56 Å². The van der Waals surface area contributed by atoms with Crippen molar-refractivity contribution >= 4 is 27.5 Å². The number of benzene rings is 2. The lowest BCUT2D eigenvalue weighted by molar-refractivity contribution is 0.597. The van der Waals surface area contributed by atoms with Gasteiger partial charge in [0.05, 0.1) is 17.4 Å². The van der Waals surface area contributed by atoms with Crippen LogP contribution in [0.2, 0.25) is 0 Å². The summed E-state index contributed by atoms with van der Waals surface area (Å²) in [5, 5.41) is 14.7. The molecular weight excluding hydrogens is 370 g/mol. The Hall–Kier alpha value is -2.36. The van der Waals surface area contributed by atoms with Crippen molar-refractivity contribution in [3.05, 3.63) is 54.1 Å². The van der Waals surface area contributed by atoms with Gasteiger partial charge >= 0.3 is 0 Å². The summed E-state index contributed by atoms with van der Waals surface area (Å²) in [6.07, 6.45) is 0. The van der Waals surface area contributed by atoms with Crippen LogP contribution in [-0.4, -0.2) is 29.1 Å². The fraction of sp³-hybridized carbons (Fsp3) is 0.176. The molecule has 3 aromatic rings. The molecule has 7 nitrogen and oxygen atoms in total. The molecule has 1 aliphatic rings. The molecule has 0 atom stereocenters. The van der Waals surface area contributed by atoms with Gasteiger partial charge in [0.25, 0.3) is 0 Å². The maximum atomic E-state index is 11.4. The Morgan fingerprint density at radius 1 is 1.12 bits per heavy atom. The molecule has 0 saturated carbocycles. The van der Waals surface area contributed by atoms with E-state index in [4.69, 9.17) is 5.14 Å². The number of thioether (sulfide) groups is 1. The van der Waals surface area contributed by atoms with E-state index < -0.39 is 10.0 Å². The first-order chi connectivity index (χ1) is 12.4. The molecule has 4 rings (SSSR count). The highest BCUT2D eigenvalue weighted by Gasteiger charge is 2.23. The van der Waals surface area contributed by atoms with Gasteiger partial charge < -0.3 is 4.90 Å². The SMILES string of the molecule is Cc1cccc(-c2nnc3n2CN(c2ccc(S(N)(=O)=O)cc2)CS3)c1. The molecule has 0 aliphatic carbocycles. The van der Waals surface area contributed by atoms with Gasteiger partial charge in [-0.1, -0.05) is 35.5 Å². The van der Waals surface area contributed by atoms with E-state index in [9.17, 15) is 8.42 Å². The van der Waals surface area contributed by atoms with Crippen LogP contribution in [0.5, 0.6) is 0 Å². The molecule has 2 heterocycles. The van der Waals surface area contributed by atoms with Gasteiger partial charge in [-0.2, -0.15) is 0 Å². The van der Waals surface area contributed by atoms with E-state index in [2.05, 4.69) is 25.7 Å². The van der Waals surface area contributed by atoms with E-state index in [0.717, 1.165) is 22.2 Å². The Morgan fingerprint density at radius 2 is 1.88 bits per heavy atom. The molecule has 2 aromatic carbocycles. The third-order valence-corrected chi connectivity index (χ3v) is 6.12. The van der Waals surface area contributed by atoms with Crippen LogP contribution in [0.25, 0.3) is 11.4 Å². The van der Waals surface area contributed by atoms with Crippen LogP contribution >= 0.6 is 11.8 Å². The van der Waals surface area contributed by atoms with Crippen LogP contribution in [0, 0.1) is 6.92 Å². The van der Waals surface area contributed by atoms with Crippen molar-refractivity contribution in [1.82, 2.24) is 14.8 Å². The quantitative estimate of drug-likeness (QED) is 0.742. The summed E-state index contributed by atoms with van der Waals surface area (Å²) in [5.41, 5.74) is 3.11. The standard InChI is InChI=1S/C17H17N5O2S2/c1-12-3-2-4-13(9-12)16-19-20-17-22(16)10-21(11-25-17)14-5-7-15(8-6-14)26(18,23)24/h2-9H,10-11H2,1H3,(H2,18,23,24). The summed E-state index contributed by atoms with van der Waals surface area (Å²) in [6.45, 7) is 2.64. The highest BCUT2D eigenvalue weighted by atomic mass is 32.2. The molecule has 0 amide bonds. The molecule has 0 radical (unpaired) electrons. The Kier molecular flexibility index (Phi) is 4.22. The minimum absolute atomic E-state index is 0.108. The number of nitrogens with zero attached hydrogens (tertiary/aromatic N) is 4. The third kappa shape index (κ3) is 3.20. The Morgan fingerprint density at radius 3 is 2.58 bits per heavy atom. The number of hydrogen-bond acceptors (Lipinski definition) is 6. The molecular formula is C17H17N5O2S2. The molecule has 0 bridgehead atoms. The first kappa shape index (κ1) is 17.1. The Bertz CT molecular complexity index is 1060. The Balaban J connectivity index is 1.65. The van der Waals surface area contributed by atoms with Gasteiger partial charge in [-0.25, -0.2) is 13.6 Å². The second kappa shape index (κ2) is 6.42. The molecule has 26 heavy (non-hydrogen) atoms. The minimum atomic E-state index is -3.69. The first-order valence-corrected chi connectivity index (χ1v) is 10.5. The molecule has 1 aliphatic heterocycles. The number of rotatable bonds is 3. The summed E-state index contributed by atoms with van der Waals surface area (Å²) in [5.74, 6) is 1.53. The second-order valence-electron chi connectivity index (χ2n) is 6.10. The van der Waals surface area contributed by atoms with Crippen molar-refractivity contribution in [2.75, 3.05) is 10.8 Å². The van der Waals surface area contributed by atoms with Crippen molar-refractivity contribution in [1.29, 1.82) is 0 Å². The number of primary sulfonamides is 1. The van der Waals surface area contributed by atoms with Crippen LogP contribution in [0.15, 0.2) is 58.6 Å². The second-order valence-corrected chi connectivity index (χ2v) is 8.57. The molecule has 0 saturated heterocycles. The minimum Gasteiger partial charge on any atom is -0.344 e. The predicted octanol–water partition coefficient (Wildman–Crippen LogP) is 2.43. The third-order valence-electron chi connectivity index (χ3n) is 4.19. The van der Waals surface area contributed by atoms with Gasteiger partial charge in [-0.3, -0.25) is 4.57 Å². The van der Waals surface area contributed by atoms with Gasteiger partial charge in [-0.05, 0) is 37.3 Å². The van der Waals surface area contributed by atoms with Gasteiger partial charge in [0.2, 0.25) is 10.0 Å². The van der Waals surface area contributed by atoms with Gasteiger partial charge in [-0.15, -0.1) is 10.2 Å². The van der Waals surface area contributed by atoms with E-state index in [1.807, 2.05) is 25.1 Å². The fourth-order valence-corrected chi connectivity index (χ4v) is 4.29. The van der Waals surface area contributed by atoms with Crippen LogP contribution in [-0.2, 0) is 16.7 Å². The van der Waals surface area contributed by atoms with Crippen LogP contribution < -0.4 is 10.0 Å². The van der Waals surface area contributed by atoms with E-state index in [-0.39, 0.29) is 4.90 Å². The lowest BCUT2D eigenvalue weighted by Crippen LogP contribution is -2.30. The number of anilines is 1. The molecule has 0 fully saturated rings. The summed E-state index contributed by atoms with van der Waals surface area (Å²) in [4.78, 5) is 2.24. The smallest absolute Gasteiger partial charge is 0.238 e. The molecule has 9 heteroatoms. The number of sulfonamides is 1. The Labute approximate surface area is 155 Å². The van der Waals surface area contributed by atoms with E-state index in [1.54, 1.807) is 23.9 Å². The fourth-order valence-electron chi connectivity index (χ4n) is 2.87. The van der Waals surface area contributed by atoms with E-state index >= 15 is 0 Å². The summed E-state index contributed by atoms with van der Waals surface area (Å²) in [7, 11) is -3.69. The molecule has 1 aromatic heterocycles. The predicted molar refractivity (Wildman–Crippen MR) is 101 cm³/mol. The summed E-state index contributed by atoms with van der Waals surface area (Å²) in [6, 6.07) is 14.7. The maximum Gasteiger partial charge on any atom is 0.238 e. The summed E-state index contributed by atoms with van der Waals surface area (Å²) < 4.78 is 24.9. The van der Waals surface area contributed by atoms with Gasteiger partial charge in [0.1, 0.15) is 0 Å². The number of aryl methyl sites for hydroxylation is 1. The lowest BCUT2D eigenvalue weighted by atomic mass is 10.1. The topological polar surface area (TPSA) is 94.1 Å². The zero-order valence-electron chi connectivity index (χ0n) is 14.0. The molecule has 2 N–H and O–H groups in total. The van der Waals surface area contributed by atoms with Crippen LogP contribution in [0.4, 0.5) is 5.69 Å². The van der Waals surface area contributed by atoms with Crippen molar-refractivity contribution in [3.8, 4) is 11.4 Å². The monoisotopic (exact) mass is 387 g/mol. The number of nitrogens with two attached hydrogens (primary N) is 1. The molecule has 0 unspecified atom stereocenters. The van der Waals surface area contributed by atoms with Gasteiger partial charge in [0.15, 0.2) is 11.0 Å². The number of hydrogen-bond donors (Lipinski definition) is 1. The highest BCUT2D eigenvalue weighted by Crippen LogP contribution is 2.32. The number of fused-ring (bicyclic) bond motifs is 1. The average molecular weight is 387 g/mol. The largest absolute Gasteiger partial charge is 0.344 e.